The van der Waals surface area contributed by atoms with Crippen molar-refractivity contribution in [2.75, 3.05) is 6.54 Å². The fraction of sp³-hybridized carbons (Fsp3) is 0.909. The molecule has 0 heterocycles. The second kappa shape index (κ2) is 6.01. The van der Waals surface area contributed by atoms with Crippen LogP contribution in [-0.2, 0) is 0 Å². The van der Waals surface area contributed by atoms with Crippen molar-refractivity contribution in [1.82, 2.24) is 0 Å². The van der Waals surface area contributed by atoms with E-state index in [0.29, 0.717) is 0 Å². The lowest BCUT2D eigenvalue weighted by atomic mass is 9.95. The SMILES string of the molecule is CCCCCCN=C(N)C(C)(C)C. The highest BCUT2D eigenvalue weighted by Crippen LogP contribution is 2.12. The smallest absolute Gasteiger partial charge is 0.0991 e. The number of nitrogens with two attached hydrogens (primary N) is 1. The summed E-state index contributed by atoms with van der Waals surface area (Å²) in [6.45, 7) is 9.39. The van der Waals surface area contributed by atoms with Gasteiger partial charge in [0.15, 0.2) is 0 Å². The first kappa shape index (κ1) is 12.5. The van der Waals surface area contributed by atoms with Gasteiger partial charge in [-0.15, -0.1) is 0 Å². The summed E-state index contributed by atoms with van der Waals surface area (Å²) >= 11 is 0. The summed E-state index contributed by atoms with van der Waals surface area (Å²) in [6.07, 6.45) is 5.03. The minimum Gasteiger partial charge on any atom is -0.387 e. The van der Waals surface area contributed by atoms with Gasteiger partial charge in [0, 0.05) is 12.0 Å². The average molecular weight is 184 g/mol. The lowest BCUT2D eigenvalue weighted by Crippen LogP contribution is -2.29. The maximum absolute atomic E-state index is 5.82. The fourth-order valence-electron chi connectivity index (χ4n) is 0.975. The van der Waals surface area contributed by atoms with Crippen LogP contribution in [0.25, 0.3) is 0 Å². The molecule has 78 valence electrons. The van der Waals surface area contributed by atoms with Crippen LogP contribution in [0.4, 0.5) is 0 Å². The predicted octanol–water partition coefficient (Wildman–Crippen LogP) is 2.97. The molecule has 0 aromatic rings. The molecule has 0 saturated carbocycles. The van der Waals surface area contributed by atoms with Gasteiger partial charge in [-0.1, -0.05) is 47.0 Å². The Bertz CT molecular complexity index is 154. The van der Waals surface area contributed by atoms with Crippen LogP contribution in [0.2, 0.25) is 0 Å². The molecule has 0 radical (unpaired) electrons. The summed E-state index contributed by atoms with van der Waals surface area (Å²) in [7, 11) is 0. The number of hydrogen-bond donors (Lipinski definition) is 1. The van der Waals surface area contributed by atoms with Crippen LogP contribution < -0.4 is 5.73 Å². The van der Waals surface area contributed by atoms with Crippen LogP contribution in [0.15, 0.2) is 4.99 Å². The van der Waals surface area contributed by atoms with E-state index in [4.69, 9.17) is 5.73 Å². The summed E-state index contributed by atoms with van der Waals surface area (Å²) in [6, 6.07) is 0. The van der Waals surface area contributed by atoms with Crippen LogP contribution in [0.5, 0.6) is 0 Å². The molecular formula is C11H24N2. The lowest BCUT2D eigenvalue weighted by Gasteiger charge is -2.17. The van der Waals surface area contributed by atoms with Gasteiger partial charge in [-0.3, -0.25) is 4.99 Å². The van der Waals surface area contributed by atoms with E-state index in [1.54, 1.807) is 0 Å². The number of aliphatic imine (C=N–C) groups is 1. The Hall–Kier alpha value is -0.530. The van der Waals surface area contributed by atoms with E-state index < -0.39 is 0 Å². The quantitative estimate of drug-likeness (QED) is 0.398. The molecule has 0 aromatic carbocycles. The Balaban J connectivity index is 3.60. The largest absolute Gasteiger partial charge is 0.387 e. The Morgan fingerprint density at radius 3 is 2.23 bits per heavy atom. The van der Waals surface area contributed by atoms with Gasteiger partial charge in [-0.25, -0.2) is 0 Å². The molecule has 2 nitrogen and oxygen atoms in total. The van der Waals surface area contributed by atoms with Crippen molar-refractivity contribution in [2.45, 2.75) is 53.4 Å². The molecule has 0 amide bonds. The van der Waals surface area contributed by atoms with E-state index >= 15 is 0 Å². The van der Waals surface area contributed by atoms with Gasteiger partial charge < -0.3 is 5.73 Å². The van der Waals surface area contributed by atoms with Crippen LogP contribution in [0.1, 0.15) is 53.4 Å². The topological polar surface area (TPSA) is 38.4 Å². The molecular weight excluding hydrogens is 160 g/mol. The van der Waals surface area contributed by atoms with Crippen molar-refractivity contribution >= 4 is 5.84 Å². The number of nitrogens with zero attached hydrogens (tertiary/aromatic N) is 1. The predicted molar refractivity (Wildman–Crippen MR) is 60.1 cm³/mol. The van der Waals surface area contributed by atoms with Gasteiger partial charge in [0.1, 0.15) is 0 Å². The molecule has 13 heavy (non-hydrogen) atoms. The maximum Gasteiger partial charge on any atom is 0.0991 e. The second-order valence-corrected chi connectivity index (χ2v) is 4.58. The number of hydrogen-bond acceptors (Lipinski definition) is 1. The molecule has 0 bridgehead atoms. The van der Waals surface area contributed by atoms with Gasteiger partial charge >= 0.3 is 0 Å². The van der Waals surface area contributed by atoms with E-state index in [1.807, 2.05) is 0 Å². The highest BCUT2D eigenvalue weighted by atomic mass is 14.9. The van der Waals surface area contributed by atoms with Gasteiger partial charge in [0.2, 0.25) is 0 Å². The minimum atomic E-state index is 0.0325. The summed E-state index contributed by atoms with van der Waals surface area (Å²) in [5.41, 5.74) is 5.85. The Labute approximate surface area is 82.6 Å². The van der Waals surface area contributed by atoms with Crippen molar-refractivity contribution in [1.29, 1.82) is 0 Å². The van der Waals surface area contributed by atoms with Crippen LogP contribution in [0, 0.1) is 5.41 Å². The van der Waals surface area contributed by atoms with Crippen molar-refractivity contribution in [3.8, 4) is 0 Å². The molecule has 0 aliphatic rings. The first-order valence-corrected chi connectivity index (χ1v) is 5.29. The van der Waals surface area contributed by atoms with Gasteiger partial charge in [0.25, 0.3) is 0 Å². The summed E-state index contributed by atoms with van der Waals surface area (Å²) in [4.78, 5) is 4.36. The molecule has 0 spiro atoms. The van der Waals surface area contributed by atoms with Crippen LogP contribution in [-0.4, -0.2) is 12.4 Å². The Morgan fingerprint density at radius 2 is 1.77 bits per heavy atom. The third kappa shape index (κ3) is 6.62. The average Bonchev–Trinajstić information content (AvgIpc) is 2.02. The molecule has 2 N–H and O–H groups in total. The standard InChI is InChI=1S/C11H24N2/c1-5-6-7-8-9-13-10(12)11(2,3)4/h5-9H2,1-4H3,(H2,12,13). The molecule has 0 aromatic heterocycles. The van der Waals surface area contributed by atoms with E-state index in [2.05, 4.69) is 32.7 Å². The summed E-state index contributed by atoms with van der Waals surface area (Å²) in [5, 5.41) is 0. The molecule has 0 aliphatic carbocycles. The molecule has 0 aliphatic heterocycles. The Morgan fingerprint density at radius 1 is 1.15 bits per heavy atom. The lowest BCUT2D eigenvalue weighted by molar-refractivity contribution is 0.578. The normalized spacial score (nSPS) is 13.4. The summed E-state index contributed by atoms with van der Waals surface area (Å²) in [5.74, 6) is 0.781. The second-order valence-electron chi connectivity index (χ2n) is 4.58. The van der Waals surface area contributed by atoms with E-state index in [-0.39, 0.29) is 5.41 Å². The zero-order valence-corrected chi connectivity index (χ0v) is 9.56. The van der Waals surface area contributed by atoms with Crippen LogP contribution >= 0.6 is 0 Å². The zero-order chi connectivity index (χ0) is 10.3. The first-order chi connectivity index (χ1) is 5.98. The van der Waals surface area contributed by atoms with E-state index in [0.717, 1.165) is 12.4 Å². The molecule has 2 heteroatoms. The highest BCUT2D eigenvalue weighted by molar-refractivity contribution is 5.85. The van der Waals surface area contributed by atoms with Crippen molar-refractivity contribution in [3.63, 3.8) is 0 Å². The third-order valence-corrected chi connectivity index (χ3v) is 2.06. The van der Waals surface area contributed by atoms with E-state index in [9.17, 15) is 0 Å². The van der Waals surface area contributed by atoms with Crippen molar-refractivity contribution < 1.29 is 0 Å². The number of unbranched alkanes of at least 4 members (excludes halogenated alkanes) is 3. The first-order valence-electron chi connectivity index (χ1n) is 5.29. The van der Waals surface area contributed by atoms with Gasteiger partial charge in [0.05, 0.1) is 5.84 Å². The molecule has 0 unspecified atom stereocenters. The number of rotatable bonds is 5. The van der Waals surface area contributed by atoms with Gasteiger partial charge in [-0.05, 0) is 6.42 Å². The Kier molecular flexibility index (Phi) is 5.76. The monoisotopic (exact) mass is 184 g/mol. The third-order valence-electron chi connectivity index (χ3n) is 2.06. The molecule has 0 fully saturated rings. The molecule has 0 rings (SSSR count). The maximum atomic E-state index is 5.82. The van der Waals surface area contributed by atoms with E-state index in [1.165, 1.54) is 25.7 Å². The fourth-order valence-corrected chi connectivity index (χ4v) is 0.975. The molecule has 0 saturated heterocycles. The van der Waals surface area contributed by atoms with Crippen LogP contribution in [0.3, 0.4) is 0 Å². The van der Waals surface area contributed by atoms with Crippen molar-refractivity contribution in [2.24, 2.45) is 16.1 Å². The zero-order valence-electron chi connectivity index (χ0n) is 9.56. The minimum absolute atomic E-state index is 0.0325. The molecule has 0 atom stereocenters. The van der Waals surface area contributed by atoms with Gasteiger partial charge in [-0.2, -0.15) is 0 Å². The highest BCUT2D eigenvalue weighted by Gasteiger charge is 2.14. The van der Waals surface area contributed by atoms with Crippen molar-refractivity contribution in [3.05, 3.63) is 0 Å². The summed E-state index contributed by atoms with van der Waals surface area (Å²) < 4.78 is 0. The number of amidine groups is 1.